The summed E-state index contributed by atoms with van der Waals surface area (Å²) < 4.78 is 39.5. The van der Waals surface area contributed by atoms with Crippen molar-refractivity contribution in [1.29, 1.82) is 0 Å². The van der Waals surface area contributed by atoms with E-state index in [1.807, 2.05) is 6.92 Å². The predicted molar refractivity (Wildman–Crippen MR) is 105 cm³/mol. The molecule has 2 rings (SSSR count). The zero-order chi connectivity index (χ0) is 21.8. The summed E-state index contributed by atoms with van der Waals surface area (Å²) in [7, 11) is 1.29. The molecule has 0 saturated carbocycles. The monoisotopic (exact) mass is 410 g/mol. The molecule has 1 heterocycles. The number of nitrogens with zero attached hydrogens (tertiary/aromatic N) is 2. The Bertz CT molecular complexity index is 1040. The fourth-order valence-corrected chi connectivity index (χ4v) is 2.65. The Kier molecular flexibility index (Phi) is 6.68. The number of H-pyrrole nitrogens is 1. The number of nitrogen functional groups attached to an aromatic ring is 1. The number of hydrogen-bond acceptors (Lipinski definition) is 4. The van der Waals surface area contributed by atoms with Crippen molar-refractivity contribution in [2.45, 2.75) is 32.5 Å². The highest BCUT2D eigenvalue weighted by atomic mass is 19.4. The third-order valence-corrected chi connectivity index (χ3v) is 4.25. The van der Waals surface area contributed by atoms with E-state index in [1.54, 1.807) is 0 Å². The van der Waals surface area contributed by atoms with Crippen LogP contribution in [-0.2, 0) is 17.5 Å². The molecule has 0 bridgehead atoms. The highest BCUT2D eigenvalue weighted by Crippen LogP contribution is 2.29. The second-order valence-electron chi connectivity index (χ2n) is 6.35. The maximum atomic E-state index is 12.8. The number of aromatic amines is 1. The van der Waals surface area contributed by atoms with Gasteiger partial charge in [0.25, 0.3) is 11.5 Å². The number of halogens is 3. The lowest BCUT2D eigenvalue weighted by atomic mass is 10.1. The number of rotatable bonds is 6. The van der Waals surface area contributed by atoms with Gasteiger partial charge >= 0.3 is 11.9 Å². The lowest BCUT2D eigenvalue weighted by Crippen LogP contribution is -2.38. The van der Waals surface area contributed by atoms with Crippen LogP contribution in [0.3, 0.4) is 0 Å². The van der Waals surface area contributed by atoms with Gasteiger partial charge in [0, 0.05) is 19.7 Å². The summed E-state index contributed by atoms with van der Waals surface area (Å²) in [5, 5.41) is 0. The minimum Gasteiger partial charge on any atom is -0.383 e. The van der Waals surface area contributed by atoms with Crippen LogP contribution < -0.4 is 21.9 Å². The third-order valence-electron chi connectivity index (χ3n) is 4.25. The molecule has 0 atom stereocenters. The number of nitrogens with one attached hydrogen (secondary N) is 1. The number of aromatic nitrogens is 2. The second-order valence-corrected chi connectivity index (χ2v) is 6.35. The number of carbonyl (C=O) groups excluding carboxylic acids is 1. The minimum absolute atomic E-state index is 0.157. The number of alkyl halides is 3. The van der Waals surface area contributed by atoms with Crippen LogP contribution in [0.5, 0.6) is 0 Å². The fraction of sp³-hybridized carbons (Fsp3) is 0.316. The number of anilines is 2. The van der Waals surface area contributed by atoms with Crippen LogP contribution in [0.1, 0.15) is 30.9 Å². The molecule has 10 heteroatoms. The first-order valence-electron chi connectivity index (χ1n) is 8.82. The van der Waals surface area contributed by atoms with Gasteiger partial charge in [-0.2, -0.15) is 13.2 Å². The fourth-order valence-electron chi connectivity index (χ4n) is 2.65. The molecular formula is C19H21F3N4O3. The number of likely N-dealkylation sites (N-methyl/N-ethyl adjacent to an activating group) is 1. The van der Waals surface area contributed by atoms with Crippen LogP contribution in [0.25, 0.3) is 6.08 Å². The Labute approximate surface area is 164 Å². The molecular weight excluding hydrogens is 389 g/mol. The highest BCUT2D eigenvalue weighted by molar-refractivity contribution is 6.04. The lowest BCUT2D eigenvalue weighted by molar-refractivity contribution is -0.137. The quantitative estimate of drug-likeness (QED) is 0.715. The molecule has 156 valence electrons. The van der Waals surface area contributed by atoms with Gasteiger partial charge in [-0.05, 0) is 30.2 Å². The molecule has 0 aliphatic rings. The minimum atomic E-state index is -4.50. The molecule has 1 aromatic heterocycles. The van der Waals surface area contributed by atoms with Gasteiger partial charge in [0.1, 0.15) is 5.82 Å². The first kappa shape index (κ1) is 22.0. The van der Waals surface area contributed by atoms with E-state index in [4.69, 9.17) is 5.73 Å². The van der Waals surface area contributed by atoms with Gasteiger partial charge in [-0.15, -0.1) is 0 Å². The van der Waals surface area contributed by atoms with Crippen molar-refractivity contribution in [2.24, 2.45) is 0 Å². The molecule has 0 aliphatic carbocycles. The Morgan fingerprint density at radius 1 is 1.31 bits per heavy atom. The summed E-state index contributed by atoms with van der Waals surface area (Å²) >= 11 is 0. The van der Waals surface area contributed by atoms with Crippen LogP contribution in [0.2, 0.25) is 0 Å². The number of unbranched alkanes of at least 4 members (excludes halogenated alkanes) is 1. The zero-order valence-corrected chi connectivity index (χ0v) is 15.9. The van der Waals surface area contributed by atoms with Crippen LogP contribution in [0.15, 0.2) is 39.9 Å². The van der Waals surface area contributed by atoms with Crippen LogP contribution >= 0.6 is 0 Å². The Hall–Kier alpha value is -3.30. The van der Waals surface area contributed by atoms with Crippen molar-refractivity contribution >= 4 is 23.5 Å². The molecule has 3 N–H and O–H groups in total. The Balaban J connectivity index is 2.32. The van der Waals surface area contributed by atoms with Gasteiger partial charge in [-0.1, -0.05) is 25.5 Å². The van der Waals surface area contributed by atoms with E-state index in [1.165, 1.54) is 29.8 Å². The Morgan fingerprint density at radius 2 is 2.00 bits per heavy atom. The second kappa shape index (κ2) is 8.80. The van der Waals surface area contributed by atoms with Gasteiger partial charge in [0.05, 0.1) is 5.56 Å². The standard InChI is InChI=1S/C19H21F3N4O3/c1-3-4-10-26-16(23)15(17(28)24-18(26)29)25(2)14(27)9-8-12-6-5-7-13(11-12)19(20,21)22/h5-9,11H,3-4,10,23H2,1-2H3,(H,24,28,29)/b9-8+. The number of nitrogens with two attached hydrogens (primary N) is 1. The van der Waals surface area contributed by atoms with E-state index >= 15 is 0 Å². The number of benzene rings is 1. The average molecular weight is 410 g/mol. The molecule has 0 saturated heterocycles. The van der Waals surface area contributed by atoms with E-state index in [-0.39, 0.29) is 23.6 Å². The maximum absolute atomic E-state index is 12.8. The first-order chi connectivity index (χ1) is 13.6. The largest absolute Gasteiger partial charge is 0.416 e. The van der Waals surface area contributed by atoms with E-state index in [0.717, 1.165) is 29.5 Å². The van der Waals surface area contributed by atoms with Gasteiger partial charge in [-0.3, -0.25) is 19.1 Å². The molecule has 0 spiro atoms. The SMILES string of the molecule is CCCCn1c(N)c(N(C)C(=O)/C=C/c2cccc(C(F)(F)F)c2)c(=O)[nH]c1=O. The molecule has 0 unspecified atom stereocenters. The maximum Gasteiger partial charge on any atom is 0.416 e. The number of amides is 1. The molecule has 7 nitrogen and oxygen atoms in total. The highest BCUT2D eigenvalue weighted by Gasteiger charge is 2.30. The molecule has 0 fully saturated rings. The van der Waals surface area contributed by atoms with Crippen molar-refractivity contribution in [3.05, 3.63) is 62.3 Å². The van der Waals surface area contributed by atoms with Gasteiger partial charge in [0.2, 0.25) is 0 Å². The number of carbonyl (C=O) groups is 1. The molecule has 29 heavy (non-hydrogen) atoms. The summed E-state index contributed by atoms with van der Waals surface area (Å²) in [5.74, 6) is -0.851. The first-order valence-corrected chi connectivity index (χ1v) is 8.82. The van der Waals surface area contributed by atoms with Crippen molar-refractivity contribution in [1.82, 2.24) is 9.55 Å². The summed E-state index contributed by atoms with van der Waals surface area (Å²) in [6.07, 6.45) is -0.850. The average Bonchev–Trinajstić information content (AvgIpc) is 2.65. The normalized spacial score (nSPS) is 11.8. The van der Waals surface area contributed by atoms with Crippen LogP contribution in [0.4, 0.5) is 24.7 Å². The Morgan fingerprint density at radius 3 is 2.62 bits per heavy atom. The predicted octanol–water partition coefficient (Wildman–Crippen LogP) is 2.61. The topological polar surface area (TPSA) is 101 Å². The molecule has 1 amide bonds. The number of hydrogen-bond donors (Lipinski definition) is 2. The van der Waals surface area contributed by atoms with Crippen molar-refractivity contribution in [3.8, 4) is 0 Å². The van der Waals surface area contributed by atoms with Gasteiger partial charge in [-0.25, -0.2) is 4.79 Å². The van der Waals surface area contributed by atoms with E-state index in [0.29, 0.717) is 6.42 Å². The third kappa shape index (κ3) is 5.15. The summed E-state index contributed by atoms with van der Waals surface area (Å²) in [4.78, 5) is 39.6. The van der Waals surface area contributed by atoms with E-state index < -0.39 is 28.9 Å². The van der Waals surface area contributed by atoms with Gasteiger partial charge < -0.3 is 10.6 Å². The van der Waals surface area contributed by atoms with Crippen molar-refractivity contribution < 1.29 is 18.0 Å². The van der Waals surface area contributed by atoms with Crippen LogP contribution in [0, 0.1) is 0 Å². The smallest absolute Gasteiger partial charge is 0.383 e. The molecule has 0 aliphatic heterocycles. The van der Waals surface area contributed by atoms with Gasteiger partial charge in [0.15, 0.2) is 5.69 Å². The van der Waals surface area contributed by atoms with E-state index in [9.17, 15) is 27.6 Å². The van der Waals surface area contributed by atoms with Crippen molar-refractivity contribution in [2.75, 3.05) is 17.7 Å². The molecule has 0 radical (unpaired) electrons. The molecule has 1 aromatic carbocycles. The molecule has 2 aromatic rings. The van der Waals surface area contributed by atoms with E-state index in [2.05, 4.69) is 4.98 Å². The summed E-state index contributed by atoms with van der Waals surface area (Å²) in [5.41, 5.74) is 3.54. The summed E-state index contributed by atoms with van der Waals surface area (Å²) in [6, 6.07) is 4.45. The summed E-state index contributed by atoms with van der Waals surface area (Å²) in [6.45, 7) is 2.19. The zero-order valence-electron chi connectivity index (χ0n) is 15.9. The van der Waals surface area contributed by atoms with Crippen molar-refractivity contribution in [3.63, 3.8) is 0 Å². The van der Waals surface area contributed by atoms with Crippen LogP contribution in [-0.4, -0.2) is 22.5 Å². The lowest BCUT2D eigenvalue weighted by Gasteiger charge is -2.19.